The van der Waals surface area contributed by atoms with Gasteiger partial charge < -0.3 is 5.73 Å². The number of ketones is 1. The van der Waals surface area contributed by atoms with Gasteiger partial charge in [0.2, 0.25) is 0 Å². The van der Waals surface area contributed by atoms with E-state index in [1.165, 1.54) is 5.92 Å². The highest BCUT2D eigenvalue weighted by Gasteiger charge is 2.36. The molecule has 0 fully saturated rings. The number of rotatable bonds is 0. The molecule has 0 aromatic heterocycles. The fraction of sp³-hybridized carbons (Fsp3) is 0.400. The Labute approximate surface area is 55.2 Å². The molecule has 0 amide bonds. The Kier molecular flexibility index (Phi) is 2.90. The van der Waals surface area contributed by atoms with E-state index in [2.05, 4.69) is 0 Å². The first-order valence-electron chi connectivity index (χ1n) is 2.28. The van der Waals surface area contributed by atoms with Crippen LogP contribution in [0.2, 0.25) is 0 Å². The zero-order chi connectivity index (χ0) is 8.20. The SMILES string of the molecule is NCC#CC(=O)C(F)(F)F. The van der Waals surface area contributed by atoms with Crippen molar-refractivity contribution in [2.75, 3.05) is 6.54 Å². The van der Waals surface area contributed by atoms with Crippen molar-refractivity contribution in [3.8, 4) is 11.8 Å². The average molecular weight is 151 g/mol. The third kappa shape index (κ3) is 3.10. The molecule has 0 rings (SSSR count). The molecule has 2 nitrogen and oxygen atoms in total. The normalized spacial score (nSPS) is 10.0. The second kappa shape index (κ2) is 3.22. The van der Waals surface area contributed by atoms with Crippen LogP contribution in [0.5, 0.6) is 0 Å². The van der Waals surface area contributed by atoms with Crippen molar-refractivity contribution in [1.82, 2.24) is 0 Å². The number of halogens is 3. The van der Waals surface area contributed by atoms with Gasteiger partial charge in [0.05, 0.1) is 6.54 Å². The van der Waals surface area contributed by atoms with Gasteiger partial charge in [0.25, 0.3) is 0 Å². The lowest BCUT2D eigenvalue weighted by Gasteiger charge is -1.95. The van der Waals surface area contributed by atoms with Crippen LogP contribution in [-0.2, 0) is 4.79 Å². The molecule has 0 bridgehead atoms. The van der Waals surface area contributed by atoms with Crippen LogP contribution in [0.3, 0.4) is 0 Å². The lowest BCUT2D eigenvalue weighted by Crippen LogP contribution is -2.20. The number of nitrogens with two attached hydrogens (primary N) is 1. The molecule has 0 heterocycles. The summed E-state index contributed by atoms with van der Waals surface area (Å²) < 4.78 is 33.8. The van der Waals surface area contributed by atoms with Gasteiger partial charge in [-0.1, -0.05) is 5.92 Å². The van der Waals surface area contributed by atoms with E-state index in [0.717, 1.165) is 0 Å². The second-order valence-corrected chi connectivity index (χ2v) is 1.33. The highest BCUT2D eigenvalue weighted by Crippen LogP contribution is 2.14. The molecule has 0 unspecified atom stereocenters. The molecule has 5 heteroatoms. The van der Waals surface area contributed by atoms with Gasteiger partial charge in [-0.25, -0.2) is 0 Å². The summed E-state index contributed by atoms with van der Waals surface area (Å²) in [7, 11) is 0. The van der Waals surface area contributed by atoms with E-state index in [-0.39, 0.29) is 6.54 Å². The van der Waals surface area contributed by atoms with Crippen molar-refractivity contribution < 1.29 is 18.0 Å². The predicted octanol–water partition coefficient (Wildman–Crippen LogP) is 0.0799. The molecule has 0 radical (unpaired) electrons. The van der Waals surface area contributed by atoms with Gasteiger partial charge in [-0.05, 0) is 5.92 Å². The molecule has 0 aromatic carbocycles. The van der Waals surface area contributed by atoms with Crippen LogP contribution >= 0.6 is 0 Å². The maximum absolute atomic E-state index is 11.3. The minimum absolute atomic E-state index is 0.248. The van der Waals surface area contributed by atoms with E-state index in [1.54, 1.807) is 0 Å². The lowest BCUT2D eigenvalue weighted by molar-refractivity contribution is -0.164. The molecule has 0 aromatic rings. The molecule has 56 valence electrons. The summed E-state index contributed by atoms with van der Waals surface area (Å²) in [5, 5.41) is 0. The fourth-order valence-corrected chi connectivity index (χ4v) is 0.202. The summed E-state index contributed by atoms with van der Waals surface area (Å²) in [5.74, 6) is 1.09. The molecule has 2 N–H and O–H groups in total. The molecule has 0 atom stereocenters. The number of Topliss-reactive ketones (excluding diaryl/α,β-unsaturated/α-hetero) is 1. The van der Waals surface area contributed by atoms with Crippen molar-refractivity contribution in [1.29, 1.82) is 0 Å². The van der Waals surface area contributed by atoms with Gasteiger partial charge >= 0.3 is 12.0 Å². The molecule has 0 aliphatic rings. The predicted molar refractivity (Wildman–Crippen MR) is 27.9 cm³/mol. The third-order valence-corrected chi connectivity index (χ3v) is 0.561. The van der Waals surface area contributed by atoms with Crippen LogP contribution in [-0.4, -0.2) is 18.5 Å². The van der Waals surface area contributed by atoms with Crippen LogP contribution in [0.4, 0.5) is 13.2 Å². The van der Waals surface area contributed by atoms with Crippen molar-refractivity contribution >= 4 is 5.78 Å². The van der Waals surface area contributed by atoms with Crippen molar-refractivity contribution in [3.63, 3.8) is 0 Å². The fourth-order valence-electron chi connectivity index (χ4n) is 0.202. The Morgan fingerprint density at radius 3 is 2.30 bits per heavy atom. The Morgan fingerprint density at radius 1 is 1.50 bits per heavy atom. The van der Waals surface area contributed by atoms with Crippen molar-refractivity contribution in [3.05, 3.63) is 0 Å². The molecule has 0 saturated heterocycles. The molecule has 0 spiro atoms. The third-order valence-electron chi connectivity index (χ3n) is 0.561. The molecule has 0 aliphatic carbocycles. The first-order chi connectivity index (χ1) is 4.48. The number of hydrogen-bond acceptors (Lipinski definition) is 2. The zero-order valence-electron chi connectivity index (χ0n) is 4.83. The zero-order valence-corrected chi connectivity index (χ0v) is 4.83. The minimum Gasteiger partial charge on any atom is -0.320 e. The molecular weight excluding hydrogens is 147 g/mol. The van der Waals surface area contributed by atoms with Crippen molar-refractivity contribution in [2.45, 2.75) is 6.18 Å². The maximum Gasteiger partial charge on any atom is 0.462 e. The highest BCUT2D eigenvalue weighted by atomic mass is 19.4. The standard InChI is InChI=1S/C5H4F3NO/c6-5(7,8)4(10)2-1-3-9/h3,9H2. The number of carbonyl (C=O) groups is 1. The maximum atomic E-state index is 11.3. The number of hydrogen-bond donors (Lipinski definition) is 1. The van der Waals surface area contributed by atoms with E-state index >= 15 is 0 Å². The van der Waals surface area contributed by atoms with Gasteiger partial charge in [0, 0.05) is 0 Å². The molecule has 0 saturated carbocycles. The average Bonchev–Trinajstić information content (AvgIpc) is 1.80. The minimum atomic E-state index is -4.86. The summed E-state index contributed by atoms with van der Waals surface area (Å²) >= 11 is 0. The van der Waals surface area contributed by atoms with E-state index < -0.39 is 12.0 Å². The summed E-state index contributed by atoms with van der Waals surface area (Å²) in [6, 6.07) is 0. The first-order valence-corrected chi connectivity index (χ1v) is 2.28. The Hall–Kier alpha value is -1.02. The largest absolute Gasteiger partial charge is 0.462 e. The van der Waals surface area contributed by atoms with Gasteiger partial charge in [0.1, 0.15) is 0 Å². The molecule has 0 aliphatic heterocycles. The summed E-state index contributed by atoms with van der Waals surface area (Å²) in [5.41, 5.74) is 4.73. The van der Waals surface area contributed by atoms with Crippen LogP contribution < -0.4 is 5.73 Å². The summed E-state index contributed by atoms with van der Waals surface area (Å²) in [6.07, 6.45) is -4.86. The Balaban J connectivity index is 4.12. The van der Waals surface area contributed by atoms with E-state index in [0.29, 0.717) is 0 Å². The molecular formula is C5H4F3NO. The second-order valence-electron chi connectivity index (χ2n) is 1.33. The Morgan fingerprint density at radius 2 is 2.00 bits per heavy atom. The van der Waals surface area contributed by atoms with E-state index in [9.17, 15) is 18.0 Å². The monoisotopic (exact) mass is 151 g/mol. The smallest absolute Gasteiger partial charge is 0.320 e. The van der Waals surface area contributed by atoms with Gasteiger partial charge in [-0.3, -0.25) is 4.79 Å². The summed E-state index contributed by atoms with van der Waals surface area (Å²) in [4.78, 5) is 9.87. The van der Waals surface area contributed by atoms with E-state index in [4.69, 9.17) is 5.73 Å². The Bertz CT molecular complexity index is 185. The first kappa shape index (κ1) is 8.98. The highest BCUT2D eigenvalue weighted by molar-refractivity contribution is 5.99. The van der Waals surface area contributed by atoms with Crippen molar-refractivity contribution in [2.24, 2.45) is 5.73 Å². The molecule has 10 heavy (non-hydrogen) atoms. The van der Waals surface area contributed by atoms with Crippen LogP contribution in [0.1, 0.15) is 0 Å². The topological polar surface area (TPSA) is 43.1 Å². The van der Waals surface area contributed by atoms with Crippen LogP contribution in [0.25, 0.3) is 0 Å². The van der Waals surface area contributed by atoms with E-state index in [1.807, 2.05) is 5.92 Å². The van der Waals surface area contributed by atoms with Gasteiger partial charge in [-0.15, -0.1) is 0 Å². The number of carbonyl (C=O) groups excluding carboxylic acids is 1. The van der Waals surface area contributed by atoms with Crippen LogP contribution in [0.15, 0.2) is 0 Å². The quantitative estimate of drug-likeness (QED) is 0.393. The van der Waals surface area contributed by atoms with Gasteiger partial charge in [0.15, 0.2) is 0 Å². The lowest BCUT2D eigenvalue weighted by atomic mass is 10.4. The van der Waals surface area contributed by atoms with Crippen LogP contribution in [0, 0.1) is 11.8 Å². The van der Waals surface area contributed by atoms with Gasteiger partial charge in [-0.2, -0.15) is 13.2 Å². The summed E-state index contributed by atoms with van der Waals surface area (Å²) in [6.45, 7) is -0.248. The number of alkyl halides is 3.